The van der Waals surface area contributed by atoms with Gasteiger partial charge in [0, 0.05) is 6.42 Å². The largest absolute Gasteiger partial charge is 0.393 e. The van der Waals surface area contributed by atoms with E-state index in [1.54, 1.807) is 0 Å². The van der Waals surface area contributed by atoms with Crippen LogP contribution in [0.15, 0.2) is 30.3 Å². The van der Waals surface area contributed by atoms with E-state index in [-0.39, 0.29) is 18.8 Å². The zero-order chi connectivity index (χ0) is 12.0. The first-order valence-electron chi connectivity index (χ1n) is 5.35. The highest BCUT2D eigenvalue weighted by Crippen LogP contribution is 2.04. The van der Waals surface area contributed by atoms with Gasteiger partial charge in [0.15, 0.2) is 0 Å². The summed E-state index contributed by atoms with van der Waals surface area (Å²) in [6.07, 6.45) is 0.422. The number of hydrogen-bond acceptors (Lipinski definition) is 3. The van der Waals surface area contributed by atoms with Gasteiger partial charge in [-0.15, -0.1) is 0 Å². The molecule has 0 unspecified atom stereocenters. The summed E-state index contributed by atoms with van der Waals surface area (Å²) >= 11 is 0. The van der Waals surface area contributed by atoms with Gasteiger partial charge in [0.25, 0.3) is 0 Å². The van der Waals surface area contributed by atoms with Crippen molar-refractivity contribution in [2.45, 2.75) is 26.7 Å². The van der Waals surface area contributed by atoms with E-state index >= 15 is 0 Å². The van der Waals surface area contributed by atoms with Crippen LogP contribution in [0.2, 0.25) is 0 Å². The first kappa shape index (κ1) is 12.4. The molecule has 0 aliphatic heterocycles. The van der Waals surface area contributed by atoms with Gasteiger partial charge in [0.1, 0.15) is 0 Å². The van der Waals surface area contributed by atoms with Crippen LogP contribution in [0, 0.1) is 5.92 Å². The topological polar surface area (TPSA) is 43.4 Å². The van der Waals surface area contributed by atoms with Crippen molar-refractivity contribution in [3.63, 3.8) is 0 Å². The van der Waals surface area contributed by atoms with Crippen LogP contribution in [0.1, 0.15) is 25.8 Å². The number of esters is 2. The Morgan fingerprint density at radius 2 is 1.75 bits per heavy atom. The maximum absolute atomic E-state index is 11.4. The summed E-state index contributed by atoms with van der Waals surface area (Å²) in [5.74, 6) is -0.732. The van der Waals surface area contributed by atoms with Gasteiger partial charge >= 0.3 is 11.9 Å². The third-order valence-corrected chi connectivity index (χ3v) is 1.99. The van der Waals surface area contributed by atoms with Crippen molar-refractivity contribution in [3.05, 3.63) is 35.9 Å². The van der Waals surface area contributed by atoms with Crippen molar-refractivity contribution in [1.29, 1.82) is 0 Å². The van der Waals surface area contributed by atoms with Crippen LogP contribution >= 0.6 is 0 Å². The second-order valence-electron chi connectivity index (χ2n) is 4.11. The number of carbonyl (C=O) groups is 2. The molecule has 16 heavy (non-hydrogen) atoms. The van der Waals surface area contributed by atoms with E-state index in [9.17, 15) is 9.59 Å². The van der Waals surface area contributed by atoms with Crippen LogP contribution in [0.25, 0.3) is 0 Å². The van der Waals surface area contributed by atoms with E-state index in [1.807, 2.05) is 44.2 Å². The quantitative estimate of drug-likeness (QED) is 0.578. The summed E-state index contributed by atoms with van der Waals surface area (Å²) in [7, 11) is 0. The lowest BCUT2D eigenvalue weighted by molar-refractivity contribution is -0.159. The van der Waals surface area contributed by atoms with Crippen LogP contribution in [0.5, 0.6) is 0 Å². The average molecular weight is 220 g/mol. The summed E-state index contributed by atoms with van der Waals surface area (Å²) in [5.41, 5.74) is 0.852. The molecular formula is C13H16O3. The molecule has 0 fully saturated rings. The molecule has 0 N–H and O–H groups in total. The predicted octanol–water partition coefficient (Wildman–Crippen LogP) is 2.35. The number of rotatable bonds is 4. The van der Waals surface area contributed by atoms with Gasteiger partial charge in [-0.2, -0.15) is 0 Å². The van der Waals surface area contributed by atoms with Crippen molar-refractivity contribution in [2.75, 3.05) is 0 Å². The van der Waals surface area contributed by atoms with Gasteiger partial charge in [-0.3, -0.25) is 9.59 Å². The van der Waals surface area contributed by atoms with E-state index < -0.39 is 11.9 Å². The first-order chi connectivity index (χ1) is 7.58. The molecule has 0 spiro atoms. The summed E-state index contributed by atoms with van der Waals surface area (Å²) in [6.45, 7) is 3.81. The predicted molar refractivity (Wildman–Crippen MR) is 60.7 cm³/mol. The molecule has 0 aromatic heterocycles. The lowest BCUT2D eigenvalue weighted by atomic mass is 10.1. The van der Waals surface area contributed by atoms with Gasteiger partial charge in [-0.25, -0.2) is 0 Å². The van der Waals surface area contributed by atoms with E-state index in [1.165, 1.54) is 0 Å². The van der Waals surface area contributed by atoms with Crippen molar-refractivity contribution in [3.8, 4) is 0 Å². The molecule has 0 heterocycles. The third kappa shape index (κ3) is 4.73. The van der Waals surface area contributed by atoms with E-state index in [4.69, 9.17) is 0 Å². The molecule has 0 atom stereocenters. The molecule has 0 aliphatic carbocycles. The molecular weight excluding hydrogens is 204 g/mol. The molecule has 86 valence electrons. The summed E-state index contributed by atoms with van der Waals surface area (Å²) in [4.78, 5) is 22.6. The number of hydrogen-bond donors (Lipinski definition) is 0. The van der Waals surface area contributed by atoms with Crippen molar-refractivity contribution in [1.82, 2.24) is 0 Å². The molecule has 0 saturated heterocycles. The Morgan fingerprint density at radius 3 is 2.31 bits per heavy atom. The molecule has 3 heteroatoms. The number of ether oxygens (including phenoxy) is 1. The van der Waals surface area contributed by atoms with E-state index in [0.29, 0.717) is 0 Å². The SMILES string of the molecule is CC(C)CC(=O)OC(=O)Cc1ccccc1. The molecule has 0 radical (unpaired) electrons. The Kier molecular flexibility index (Phi) is 4.70. The smallest absolute Gasteiger partial charge is 0.317 e. The fourth-order valence-electron chi connectivity index (χ4n) is 1.30. The van der Waals surface area contributed by atoms with Gasteiger partial charge in [-0.1, -0.05) is 44.2 Å². The van der Waals surface area contributed by atoms with Crippen LogP contribution in [-0.2, 0) is 20.7 Å². The molecule has 0 aliphatic rings. The normalized spacial score (nSPS) is 10.2. The minimum atomic E-state index is -0.489. The van der Waals surface area contributed by atoms with Crippen LogP contribution in [-0.4, -0.2) is 11.9 Å². The van der Waals surface area contributed by atoms with Gasteiger partial charge in [0.05, 0.1) is 6.42 Å². The fraction of sp³-hybridized carbons (Fsp3) is 0.385. The average Bonchev–Trinajstić information content (AvgIpc) is 2.17. The lowest BCUT2D eigenvalue weighted by Crippen LogP contribution is -2.15. The zero-order valence-corrected chi connectivity index (χ0v) is 9.60. The second-order valence-corrected chi connectivity index (χ2v) is 4.11. The first-order valence-corrected chi connectivity index (χ1v) is 5.35. The minimum Gasteiger partial charge on any atom is -0.393 e. The van der Waals surface area contributed by atoms with Gasteiger partial charge in [-0.05, 0) is 11.5 Å². The van der Waals surface area contributed by atoms with Crippen molar-refractivity contribution in [2.24, 2.45) is 5.92 Å². The molecule has 1 aromatic carbocycles. The number of benzene rings is 1. The molecule has 0 saturated carbocycles. The Bertz CT molecular complexity index is 355. The Morgan fingerprint density at radius 1 is 1.12 bits per heavy atom. The van der Waals surface area contributed by atoms with Crippen molar-refractivity contribution >= 4 is 11.9 Å². The van der Waals surface area contributed by atoms with Gasteiger partial charge in [0.2, 0.25) is 0 Å². The maximum Gasteiger partial charge on any atom is 0.317 e. The third-order valence-electron chi connectivity index (χ3n) is 1.99. The zero-order valence-electron chi connectivity index (χ0n) is 9.60. The van der Waals surface area contributed by atoms with Crippen molar-refractivity contribution < 1.29 is 14.3 Å². The maximum atomic E-state index is 11.4. The Hall–Kier alpha value is -1.64. The van der Waals surface area contributed by atoms with Crippen LogP contribution < -0.4 is 0 Å². The summed E-state index contributed by atoms with van der Waals surface area (Å²) in [5, 5.41) is 0. The molecule has 3 nitrogen and oxygen atoms in total. The van der Waals surface area contributed by atoms with Crippen LogP contribution in [0.4, 0.5) is 0 Å². The fourth-order valence-corrected chi connectivity index (χ4v) is 1.30. The van der Waals surface area contributed by atoms with Gasteiger partial charge < -0.3 is 4.74 Å². The highest BCUT2D eigenvalue weighted by atomic mass is 16.6. The Balaban J connectivity index is 2.39. The van der Waals surface area contributed by atoms with Crippen LogP contribution in [0.3, 0.4) is 0 Å². The standard InChI is InChI=1S/C13H16O3/c1-10(2)8-12(14)16-13(15)9-11-6-4-3-5-7-11/h3-7,10H,8-9H2,1-2H3. The monoisotopic (exact) mass is 220 g/mol. The molecule has 1 rings (SSSR count). The summed E-state index contributed by atoms with van der Waals surface area (Å²) in [6, 6.07) is 9.22. The van der Waals surface area contributed by atoms with E-state index in [0.717, 1.165) is 5.56 Å². The Labute approximate surface area is 95.4 Å². The highest BCUT2D eigenvalue weighted by Gasteiger charge is 2.12. The lowest BCUT2D eigenvalue weighted by Gasteiger charge is -2.04. The minimum absolute atomic E-state index is 0.144. The highest BCUT2D eigenvalue weighted by molar-refractivity contribution is 5.86. The molecule has 1 aromatic rings. The van der Waals surface area contributed by atoms with E-state index in [2.05, 4.69) is 4.74 Å². The number of carbonyl (C=O) groups excluding carboxylic acids is 2. The molecule has 0 amide bonds. The molecule has 0 bridgehead atoms. The second kappa shape index (κ2) is 6.05. The summed E-state index contributed by atoms with van der Waals surface area (Å²) < 4.78 is 4.69.